The predicted molar refractivity (Wildman–Crippen MR) is 103 cm³/mol. The Morgan fingerprint density at radius 1 is 1.24 bits per heavy atom. The van der Waals surface area contributed by atoms with Crippen LogP contribution >= 0.6 is 23.8 Å². The number of halogens is 1. The number of rotatable bonds is 7. The molecule has 3 aromatic rings. The molecule has 0 aliphatic carbocycles. The van der Waals surface area contributed by atoms with Gasteiger partial charge in [0, 0.05) is 5.56 Å². The lowest BCUT2D eigenvalue weighted by molar-refractivity contribution is 0.317. The maximum Gasteiger partial charge on any atom is 0.214 e. The summed E-state index contributed by atoms with van der Waals surface area (Å²) in [5.74, 6) is 1.44. The molecular weight excluding hydrogens is 356 g/mol. The molecule has 1 heterocycles. The van der Waals surface area contributed by atoms with Gasteiger partial charge in [0.2, 0.25) is 4.77 Å². The lowest BCUT2D eigenvalue weighted by Crippen LogP contribution is -2.16. The number of hydrogen-bond acceptors (Lipinski definition) is 4. The number of H-pyrrole nitrogens is 1. The number of ether oxygens (including phenoxy) is 1. The van der Waals surface area contributed by atoms with Crippen LogP contribution in [0.3, 0.4) is 0 Å². The van der Waals surface area contributed by atoms with Crippen molar-refractivity contribution in [3.63, 3.8) is 0 Å². The average molecular weight is 375 g/mol. The van der Waals surface area contributed by atoms with Crippen molar-refractivity contribution >= 4 is 23.8 Å². The second kappa shape index (κ2) is 8.18. The van der Waals surface area contributed by atoms with Gasteiger partial charge in [-0.1, -0.05) is 54.9 Å². The van der Waals surface area contributed by atoms with Crippen molar-refractivity contribution in [2.75, 3.05) is 12.0 Å². The van der Waals surface area contributed by atoms with Gasteiger partial charge in [0.25, 0.3) is 0 Å². The molecule has 0 bridgehead atoms. The molecule has 5 nitrogen and oxygen atoms in total. The molecule has 3 rings (SSSR count). The summed E-state index contributed by atoms with van der Waals surface area (Å²) in [5, 5.41) is 7.73. The van der Waals surface area contributed by atoms with E-state index in [1.54, 1.807) is 4.68 Å². The molecule has 0 unspecified atom stereocenters. The van der Waals surface area contributed by atoms with Gasteiger partial charge in [0.1, 0.15) is 5.75 Å². The van der Waals surface area contributed by atoms with Gasteiger partial charge in [0.15, 0.2) is 5.82 Å². The predicted octanol–water partition coefficient (Wildman–Crippen LogP) is 4.79. The lowest BCUT2D eigenvalue weighted by Gasteiger charge is -2.12. The zero-order valence-corrected chi connectivity index (χ0v) is 15.4. The van der Waals surface area contributed by atoms with Crippen molar-refractivity contribution in [1.82, 2.24) is 14.9 Å². The maximum atomic E-state index is 6.29. The normalized spacial score (nSPS) is 10.6. The number of nitrogens with zero attached hydrogens (tertiary/aromatic N) is 2. The Bertz CT molecular complexity index is 892. The van der Waals surface area contributed by atoms with E-state index in [-0.39, 0.29) is 0 Å². The second-order valence-corrected chi connectivity index (χ2v) is 6.30. The number of aromatic amines is 1. The van der Waals surface area contributed by atoms with Gasteiger partial charge in [-0.05, 0) is 36.3 Å². The minimum absolute atomic E-state index is 0.507. The van der Waals surface area contributed by atoms with Gasteiger partial charge in [-0.15, -0.1) is 0 Å². The summed E-state index contributed by atoms with van der Waals surface area (Å²) in [7, 11) is 0. The SMILES string of the molecule is CCCOc1ccc(CNn2c(-c3ccccc3)n[nH]c2=S)cc1Cl. The van der Waals surface area contributed by atoms with Crippen molar-refractivity contribution in [2.45, 2.75) is 19.9 Å². The van der Waals surface area contributed by atoms with Crippen LogP contribution in [0.1, 0.15) is 18.9 Å². The molecule has 2 N–H and O–H groups in total. The summed E-state index contributed by atoms with van der Waals surface area (Å²) in [6, 6.07) is 15.6. The molecule has 130 valence electrons. The van der Waals surface area contributed by atoms with Crippen LogP contribution in [0.25, 0.3) is 11.4 Å². The second-order valence-electron chi connectivity index (χ2n) is 5.50. The third kappa shape index (κ3) is 4.21. The number of benzene rings is 2. The Balaban J connectivity index is 1.75. The van der Waals surface area contributed by atoms with E-state index in [0.29, 0.717) is 28.7 Å². The van der Waals surface area contributed by atoms with Gasteiger partial charge in [-0.25, -0.2) is 9.77 Å². The maximum absolute atomic E-state index is 6.29. The standard InChI is InChI=1S/C18H19ClN4OS/c1-2-10-24-16-9-8-13(11-15(16)19)12-20-23-17(21-22-18(23)25)14-6-4-3-5-7-14/h3-9,11,20H,2,10,12H2,1H3,(H,22,25). The molecule has 7 heteroatoms. The van der Waals surface area contributed by atoms with Crippen LogP contribution in [0.2, 0.25) is 5.02 Å². The smallest absolute Gasteiger partial charge is 0.214 e. The minimum Gasteiger partial charge on any atom is -0.492 e. The van der Waals surface area contributed by atoms with E-state index in [1.807, 2.05) is 48.5 Å². The van der Waals surface area contributed by atoms with Gasteiger partial charge >= 0.3 is 0 Å². The molecule has 0 amide bonds. The van der Waals surface area contributed by atoms with Crippen molar-refractivity contribution in [1.29, 1.82) is 0 Å². The number of nitrogens with one attached hydrogen (secondary N) is 2. The summed E-state index contributed by atoms with van der Waals surface area (Å²) in [6.45, 7) is 3.27. The Hall–Kier alpha value is -2.31. The highest BCUT2D eigenvalue weighted by atomic mass is 35.5. The van der Waals surface area contributed by atoms with E-state index in [9.17, 15) is 0 Å². The molecule has 0 aliphatic rings. The van der Waals surface area contributed by atoms with Crippen molar-refractivity contribution < 1.29 is 4.74 Å². The van der Waals surface area contributed by atoms with Crippen LogP contribution in [0, 0.1) is 4.77 Å². The Morgan fingerprint density at radius 3 is 2.76 bits per heavy atom. The fraction of sp³-hybridized carbons (Fsp3) is 0.222. The molecule has 0 saturated heterocycles. The van der Waals surface area contributed by atoms with Crippen LogP contribution in [0.15, 0.2) is 48.5 Å². The van der Waals surface area contributed by atoms with Gasteiger partial charge in [-0.3, -0.25) is 0 Å². The first-order valence-corrected chi connectivity index (χ1v) is 8.85. The highest BCUT2D eigenvalue weighted by Gasteiger charge is 2.09. The van der Waals surface area contributed by atoms with Crippen LogP contribution in [0.5, 0.6) is 5.75 Å². The van der Waals surface area contributed by atoms with E-state index in [0.717, 1.165) is 23.4 Å². The van der Waals surface area contributed by atoms with Crippen LogP contribution in [-0.4, -0.2) is 21.5 Å². The molecule has 0 saturated carbocycles. The van der Waals surface area contributed by atoms with Crippen molar-refractivity contribution in [3.8, 4) is 17.1 Å². The van der Waals surface area contributed by atoms with Crippen molar-refractivity contribution in [2.24, 2.45) is 0 Å². The zero-order chi connectivity index (χ0) is 17.6. The van der Waals surface area contributed by atoms with E-state index >= 15 is 0 Å². The molecule has 0 radical (unpaired) electrons. The summed E-state index contributed by atoms with van der Waals surface area (Å²) < 4.78 is 7.87. The highest BCUT2D eigenvalue weighted by molar-refractivity contribution is 7.71. The first-order chi connectivity index (χ1) is 12.2. The summed E-state index contributed by atoms with van der Waals surface area (Å²) in [5.41, 5.74) is 5.29. The average Bonchev–Trinajstić information content (AvgIpc) is 3.00. The van der Waals surface area contributed by atoms with E-state index in [2.05, 4.69) is 22.5 Å². The van der Waals surface area contributed by atoms with Crippen molar-refractivity contribution in [3.05, 3.63) is 63.9 Å². The summed E-state index contributed by atoms with van der Waals surface area (Å²) >= 11 is 11.6. The number of hydrogen-bond donors (Lipinski definition) is 2. The molecule has 0 aliphatic heterocycles. The first-order valence-electron chi connectivity index (χ1n) is 8.07. The van der Waals surface area contributed by atoms with Crippen LogP contribution in [-0.2, 0) is 6.54 Å². The molecule has 2 aromatic carbocycles. The van der Waals surface area contributed by atoms with Gasteiger partial charge in [-0.2, -0.15) is 5.10 Å². The Morgan fingerprint density at radius 2 is 2.04 bits per heavy atom. The van der Waals surface area contributed by atoms with Gasteiger partial charge < -0.3 is 10.2 Å². The molecule has 1 aromatic heterocycles. The Kier molecular flexibility index (Phi) is 5.73. The van der Waals surface area contributed by atoms with E-state index < -0.39 is 0 Å². The molecule has 0 atom stereocenters. The fourth-order valence-electron chi connectivity index (χ4n) is 2.38. The topological polar surface area (TPSA) is 54.9 Å². The summed E-state index contributed by atoms with van der Waals surface area (Å²) in [6.07, 6.45) is 0.945. The number of aromatic nitrogens is 3. The largest absolute Gasteiger partial charge is 0.492 e. The summed E-state index contributed by atoms with van der Waals surface area (Å²) in [4.78, 5) is 0. The molecule has 0 spiro atoms. The third-order valence-electron chi connectivity index (χ3n) is 3.60. The minimum atomic E-state index is 0.507. The monoisotopic (exact) mass is 374 g/mol. The quantitative estimate of drug-likeness (QED) is 0.583. The fourth-order valence-corrected chi connectivity index (χ4v) is 2.83. The molecular formula is C18H19ClN4OS. The zero-order valence-electron chi connectivity index (χ0n) is 13.8. The molecule has 25 heavy (non-hydrogen) atoms. The Labute approximate surface area is 156 Å². The first kappa shape index (κ1) is 17.5. The van der Waals surface area contributed by atoms with Gasteiger partial charge in [0.05, 0.1) is 18.2 Å². The molecule has 0 fully saturated rings. The van der Waals surface area contributed by atoms with E-state index in [1.165, 1.54) is 0 Å². The van der Waals surface area contributed by atoms with Crippen LogP contribution in [0.4, 0.5) is 0 Å². The third-order valence-corrected chi connectivity index (χ3v) is 4.17. The van der Waals surface area contributed by atoms with Crippen LogP contribution < -0.4 is 10.2 Å². The lowest BCUT2D eigenvalue weighted by atomic mass is 10.2. The van der Waals surface area contributed by atoms with E-state index in [4.69, 9.17) is 28.6 Å². The highest BCUT2D eigenvalue weighted by Crippen LogP contribution is 2.26.